The molecule has 63 heavy (non-hydrogen) atoms. The summed E-state index contributed by atoms with van der Waals surface area (Å²) in [5, 5.41) is 0. The molecule has 0 rings (SSSR count). The van der Waals surface area contributed by atoms with Gasteiger partial charge >= 0.3 is 17.9 Å². The highest BCUT2D eigenvalue weighted by atomic mass is 16.6. The van der Waals surface area contributed by atoms with Gasteiger partial charge in [0.15, 0.2) is 6.10 Å². The first kappa shape index (κ1) is 60.4. The third-order valence-electron chi connectivity index (χ3n) is 11.8. The lowest BCUT2D eigenvalue weighted by molar-refractivity contribution is -0.167. The second kappa shape index (κ2) is 52.0. The first-order valence-corrected chi connectivity index (χ1v) is 27.1. The van der Waals surface area contributed by atoms with E-state index in [1.54, 1.807) is 0 Å². The van der Waals surface area contributed by atoms with Gasteiger partial charge in [0.25, 0.3) is 0 Å². The van der Waals surface area contributed by atoms with E-state index in [2.05, 4.69) is 69.4 Å². The van der Waals surface area contributed by atoms with Crippen molar-refractivity contribution in [3.05, 3.63) is 48.6 Å². The zero-order valence-corrected chi connectivity index (χ0v) is 41.8. The summed E-state index contributed by atoms with van der Waals surface area (Å²) >= 11 is 0. The van der Waals surface area contributed by atoms with E-state index in [-0.39, 0.29) is 31.1 Å². The third-order valence-corrected chi connectivity index (χ3v) is 11.8. The number of rotatable bonds is 49. The molecule has 0 aromatic carbocycles. The molecule has 0 bridgehead atoms. The molecule has 0 aliphatic rings. The van der Waals surface area contributed by atoms with E-state index in [9.17, 15) is 14.4 Å². The standard InChI is InChI=1S/C57H102O6/c1-4-7-10-13-16-19-21-23-25-27-28-30-31-33-35-38-41-44-47-50-56(59)62-53-54(52-61-55(58)49-46-43-40-37-18-15-12-9-6-3)63-57(60)51-48-45-42-39-36-34-32-29-26-24-22-20-17-14-11-8-5-2/h8,11,17,20,24,26,32,34,54H,4-7,9-10,12-16,18-19,21-23,25,27-31,33,35-53H2,1-3H3/b11-8-,20-17-,26-24-,34-32-. The summed E-state index contributed by atoms with van der Waals surface area (Å²) < 4.78 is 16.8. The molecule has 0 spiro atoms. The first-order valence-electron chi connectivity index (χ1n) is 27.1. The number of hydrogen-bond donors (Lipinski definition) is 0. The van der Waals surface area contributed by atoms with Gasteiger partial charge in [-0.1, -0.05) is 249 Å². The lowest BCUT2D eigenvalue weighted by Gasteiger charge is -2.18. The van der Waals surface area contributed by atoms with E-state index in [1.807, 2.05) is 0 Å². The zero-order chi connectivity index (χ0) is 45.8. The molecule has 0 aliphatic carbocycles. The van der Waals surface area contributed by atoms with Crippen molar-refractivity contribution in [2.45, 2.75) is 284 Å². The molecule has 0 N–H and O–H groups in total. The Morgan fingerprint density at radius 3 is 0.968 bits per heavy atom. The van der Waals surface area contributed by atoms with Crippen LogP contribution in [-0.2, 0) is 28.6 Å². The summed E-state index contributed by atoms with van der Waals surface area (Å²) in [5.41, 5.74) is 0. The van der Waals surface area contributed by atoms with Crippen LogP contribution in [-0.4, -0.2) is 37.2 Å². The molecule has 0 radical (unpaired) electrons. The maximum Gasteiger partial charge on any atom is 0.306 e. The van der Waals surface area contributed by atoms with Crippen molar-refractivity contribution in [2.24, 2.45) is 0 Å². The average Bonchev–Trinajstić information content (AvgIpc) is 3.28. The first-order chi connectivity index (χ1) is 31.0. The minimum absolute atomic E-state index is 0.0795. The lowest BCUT2D eigenvalue weighted by Crippen LogP contribution is -2.30. The molecular weight excluding hydrogens is 781 g/mol. The highest BCUT2D eigenvalue weighted by molar-refractivity contribution is 5.71. The minimum Gasteiger partial charge on any atom is -0.462 e. The van der Waals surface area contributed by atoms with Gasteiger partial charge in [0.1, 0.15) is 13.2 Å². The van der Waals surface area contributed by atoms with E-state index >= 15 is 0 Å². The fraction of sp³-hybridized carbons (Fsp3) is 0.807. The Kier molecular flexibility index (Phi) is 49.8. The van der Waals surface area contributed by atoms with Gasteiger partial charge in [-0.25, -0.2) is 0 Å². The van der Waals surface area contributed by atoms with Gasteiger partial charge in [-0.05, 0) is 57.8 Å². The normalized spacial score (nSPS) is 12.4. The highest BCUT2D eigenvalue weighted by Crippen LogP contribution is 2.16. The molecule has 0 aromatic heterocycles. The lowest BCUT2D eigenvalue weighted by atomic mass is 10.0. The molecule has 0 amide bonds. The van der Waals surface area contributed by atoms with Crippen LogP contribution >= 0.6 is 0 Å². The van der Waals surface area contributed by atoms with E-state index < -0.39 is 6.10 Å². The summed E-state index contributed by atoms with van der Waals surface area (Å²) in [6.07, 6.45) is 62.5. The number of unbranched alkanes of at least 4 members (excludes halogenated alkanes) is 30. The second-order valence-corrected chi connectivity index (χ2v) is 18.1. The van der Waals surface area contributed by atoms with E-state index in [0.717, 1.165) is 96.3 Å². The molecule has 0 aliphatic heterocycles. The predicted octanol–water partition coefficient (Wildman–Crippen LogP) is 17.9. The van der Waals surface area contributed by atoms with Gasteiger partial charge in [-0.3, -0.25) is 14.4 Å². The van der Waals surface area contributed by atoms with Crippen molar-refractivity contribution < 1.29 is 28.6 Å². The molecule has 0 fully saturated rings. The molecule has 0 aromatic rings. The number of allylic oxidation sites excluding steroid dienone is 8. The molecular formula is C57H102O6. The maximum absolute atomic E-state index is 12.8. The Balaban J connectivity index is 4.30. The quantitative estimate of drug-likeness (QED) is 0.0262. The van der Waals surface area contributed by atoms with Gasteiger partial charge < -0.3 is 14.2 Å². The smallest absolute Gasteiger partial charge is 0.306 e. The molecule has 0 heterocycles. The van der Waals surface area contributed by atoms with Crippen molar-refractivity contribution in [2.75, 3.05) is 13.2 Å². The molecule has 6 heteroatoms. The summed E-state index contributed by atoms with van der Waals surface area (Å²) in [4.78, 5) is 37.9. The highest BCUT2D eigenvalue weighted by Gasteiger charge is 2.19. The van der Waals surface area contributed by atoms with Crippen LogP contribution in [0.2, 0.25) is 0 Å². The van der Waals surface area contributed by atoms with Crippen molar-refractivity contribution in [3.63, 3.8) is 0 Å². The Bertz CT molecular complexity index is 1110. The molecule has 0 saturated carbocycles. The second-order valence-electron chi connectivity index (χ2n) is 18.1. The summed E-state index contributed by atoms with van der Waals surface area (Å²) in [7, 11) is 0. The van der Waals surface area contributed by atoms with Crippen molar-refractivity contribution in [3.8, 4) is 0 Å². The van der Waals surface area contributed by atoms with Crippen LogP contribution in [0.4, 0.5) is 0 Å². The van der Waals surface area contributed by atoms with Crippen LogP contribution in [0.15, 0.2) is 48.6 Å². The van der Waals surface area contributed by atoms with Gasteiger partial charge in [-0.2, -0.15) is 0 Å². The molecule has 366 valence electrons. The molecule has 0 saturated heterocycles. The van der Waals surface area contributed by atoms with Gasteiger partial charge in [0.05, 0.1) is 0 Å². The van der Waals surface area contributed by atoms with E-state index in [4.69, 9.17) is 14.2 Å². The topological polar surface area (TPSA) is 78.9 Å². The number of esters is 3. The Morgan fingerprint density at radius 2 is 0.619 bits per heavy atom. The predicted molar refractivity (Wildman–Crippen MR) is 270 cm³/mol. The maximum atomic E-state index is 12.8. The van der Waals surface area contributed by atoms with Crippen molar-refractivity contribution >= 4 is 17.9 Å². The van der Waals surface area contributed by atoms with Crippen molar-refractivity contribution in [1.82, 2.24) is 0 Å². The number of carbonyl (C=O) groups excluding carboxylic acids is 3. The van der Waals surface area contributed by atoms with Crippen LogP contribution in [0.25, 0.3) is 0 Å². The molecule has 1 unspecified atom stereocenters. The van der Waals surface area contributed by atoms with Gasteiger partial charge in [0, 0.05) is 19.3 Å². The average molecular weight is 883 g/mol. The fourth-order valence-corrected chi connectivity index (χ4v) is 7.79. The minimum atomic E-state index is -0.781. The Hall–Kier alpha value is -2.63. The van der Waals surface area contributed by atoms with Crippen LogP contribution in [0.1, 0.15) is 278 Å². The van der Waals surface area contributed by atoms with E-state index in [0.29, 0.717) is 19.3 Å². The third kappa shape index (κ3) is 50.2. The number of ether oxygens (including phenoxy) is 3. The van der Waals surface area contributed by atoms with Crippen LogP contribution in [0, 0.1) is 0 Å². The number of carbonyl (C=O) groups is 3. The van der Waals surface area contributed by atoms with Crippen LogP contribution in [0.3, 0.4) is 0 Å². The number of hydrogen-bond acceptors (Lipinski definition) is 6. The summed E-state index contributed by atoms with van der Waals surface area (Å²) in [5.74, 6) is -0.895. The Morgan fingerprint density at radius 1 is 0.333 bits per heavy atom. The van der Waals surface area contributed by atoms with Crippen molar-refractivity contribution in [1.29, 1.82) is 0 Å². The SMILES string of the molecule is CC/C=C\C/C=C\C/C=C\C/C=C\CCCCCCC(=O)OC(COC(=O)CCCCCCCCCCC)COC(=O)CCCCCCCCCCCCCCCCCCCCC. The zero-order valence-electron chi connectivity index (χ0n) is 41.8. The molecule has 1 atom stereocenters. The summed E-state index contributed by atoms with van der Waals surface area (Å²) in [6.45, 7) is 6.51. The fourth-order valence-electron chi connectivity index (χ4n) is 7.79. The molecule has 6 nitrogen and oxygen atoms in total. The summed E-state index contributed by atoms with van der Waals surface area (Å²) in [6, 6.07) is 0. The largest absolute Gasteiger partial charge is 0.462 e. The van der Waals surface area contributed by atoms with Gasteiger partial charge in [0.2, 0.25) is 0 Å². The van der Waals surface area contributed by atoms with Gasteiger partial charge in [-0.15, -0.1) is 0 Å². The van der Waals surface area contributed by atoms with Crippen LogP contribution < -0.4 is 0 Å². The van der Waals surface area contributed by atoms with E-state index in [1.165, 1.54) is 141 Å². The monoisotopic (exact) mass is 883 g/mol. The Labute approximate surface area is 390 Å². The van der Waals surface area contributed by atoms with Crippen LogP contribution in [0.5, 0.6) is 0 Å².